The number of alkyl halides is 10. The summed E-state index contributed by atoms with van der Waals surface area (Å²) in [6.45, 7) is -2.34. The zero-order valence-corrected chi connectivity index (χ0v) is 80.1. The van der Waals surface area contributed by atoms with Crippen LogP contribution in [0.1, 0.15) is 250 Å². The quantitative estimate of drug-likeness (QED) is 0.0150. The van der Waals surface area contributed by atoms with Gasteiger partial charge in [-0.1, -0.05) is 146 Å². The Labute approximate surface area is 813 Å². The summed E-state index contributed by atoms with van der Waals surface area (Å²) < 4.78 is 296. The Bertz CT molecular complexity index is 6150. The molecule has 142 heavy (non-hydrogen) atoms. The van der Waals surface area contributed by atoms with E-state index in [1.807, 2.05) is 133 Å². The van der Waals surface area contributed by atoms with Gasteiger partial charge in [0.2, 0.25) is 5.92 Å². The van der Waals surface area contributed by atoms with E-state index >= 15 is 0 Å². The maximum absolute atomic E-state index is 14.1. The fourth-order valence-electron chi connectivity index (χ4n) is 27.2. The highest BCUT2D eigenvalue weighted by Crippen LogP contribution is 2.66. The van der Waals surface area contributed by atoms with Gasteiger partial charge in [0.25, 0.3) is 0 Å². The van der Waals surface area contributed by atoms with Crippen LogP contribution >= 0.6 is 0 Å². The van der Waals surface area contributed by atoms with Crippen LogP contribution < -0.4 is 0 Å². The van der Waals surface area contributed by atoms with Gasteiger partial charge in [0.05, 0.1) is 88.3 Å². The Hall–Kier alpha value is -9.49. The fraction of sp³-hybridized carbons (Fsp3) is 0.574. The van der Waals surface area contributed by atoms with E-state index in [1.165, 1.54) is 11.1 Å². The van der Waals surface area contributed by atoms with Crippen LogP contribution in [0.25, 0.3) is 0 Å². The number of ether oxygens (including phenoxy) is 7. The summed E-state index contributed by atoms with van der Waals surface area (Å²) in [7, 11) is -22.3. The summed E-state index contributed by atoms with van der Waals surface area (Å²) in [6, 6.07) is 47.1. The third-order valence-electron chi connectivity index (χ3n) is 32.1. The number of carbonyl (C=O) groups excluding carboxylic acids is 7. The van der Waals surface area contributed by atoms with Crippen molar-refractivity contribution in [1.29, 1.82) is 0 Å². The van der Waals surface area contributed by atoms with Gasteiger partial charge in [0, 0.05) is 73.0 Å². The smallest absolute Gasteiger partial charge is 0.367 e. The highest BCUT2D eigenvalue weighted by molar-refractivity contribution is 7.87. The van der Waals surface area contributed by atoms with Crippen LogP contribution in [-0.4, -0.2) is 189 Å². The zero-order chi connectivity index (χ0) is 102. The maximum Gasteiger partial charge on any atom is 0.367 e. The lowest BCUT2D eigenvalue weighted by molar-refractivity contribution is -0.196. The molecule has 20 aliphatic rings. The Morgan fingerprint density at radius 3 is 1.23 bits per heavy atom. The second-order valence-electron chi connectivity index (χ2n) is 41.6. The average Bonchev–Trinajstić information content (AvgIpc) is 0.704. The lowest BCUT2D eigenvalue weighted by atomic mass is 9.48. The highest BCUT2D eigenvalue weighted by Gasteiger charge is 2.67. The first kappa shape index (κ1) is 104. The van der Waals surface area contributed by atoms with Crippen LogP contribution in [0, 0.1) is 81.8 Å². The third-order valence-corrected chi connectivity index (χ3v) is 35.6. The normalized spacial score (nSPS) is 31.3. The Kier molecular flexibility index (Phi) is 28.8. The first-order chi connectivity index (χ1) is 66.8. The minimum absolute atomic E-state index is 0.0104. The van der Waals surface area contributed by atoms with Gasteiger partial charge in [0.1, 0.15) is 18.4 Å². The van der Waals surface area contributed by atoms with Crippen molar-refractivity contribution >= 4 is 82.3 Å². The van der Waals surface area contributed by atoms with Crippen molar-refractivity contribution in [2.75, 3.05) is 38.8 Å². The first-order valence-electron chi connectivity index (χ1n) is 47.9. The molecule has 1 aliphatic heterocycles. The maximum atomic E-state index is 14.1. The molecule has 1 heterocycles. The summed E-state index contributed by atoms with van der Waals surface area (Å²) in [5.41, 5.74) is 10.5. The molecule has 13 unspecified atom stereocenters. The number of hydrogen-bond donors (Lipinski definition) is 1. The number of fused-ring (bicyclic) bond motifs is 4. The van der Waals surface area contributed by atoms with E-state index < -0.39 is 213 Å². The summed E-state index contributed by atoms with van der Waals surface area (Å²) in [4.78, 5) is 90.2. The number of halogens is 10. The van der Waals surface area contributed by atoms with Crippen molar-refractivity contribution in [2.45, 2.75) is 236 Å². The summed E-state index contributed by atoms with van der Waals surface area (Å²) >= 11 is 0. The van der Waals surface area contributed by atoms with E-state index in [0.717, 1.165) is 108 Å². The van der Waals surface area contributed by atoms with Crippen LogP contribution in [0.15, 0.2) is 146 Å². The van der Waals surface area contributed by atoms with E-state index in [2.05, 4.69) is 16.9 Å². The second kappa shape index (κ2) is 39.4. The molecular formula is C101H106F10O27S4-4. The highest BCUT2D eigenvalue weighted by atomic mass is 32.2. The van der Waals surface area contributed by atoms with Crippen LogP contribution in [0.3, 0.4) is 0 Å². The Morgan fingerprint density at radius 1 is 0.437 bits per heavy atom. The second-order valence-corrected chi connectivity index (χ2v) is 47.5. The van der Waals surface area contributed by atoms with Crippen molar-refractivity contribution in [3.05, 3.63) is 212 Å². The molecule has 6 aromatic rings. The minimum Gasteiger partial charge on any atom is -0.748 e. The molecule has 0 aromatic heterocycles. The van der Waals surface area contributed by atoms with Crippen LogP contribution in [0.2, 0.25) is 0 Å². The summed E-state index contributed by atoms with van der Waals surface area (Å²) in [5, 5.41) is -3.40. The monoisotopic (exact) mass is 2070 g/mol. The molecule has 1 N–H and O–H groups in total. The predicted molar refractivity (Wildman–Crippen MR) is 476 cm³/mol. The van der Waals surface area contributed by atoms with Gasteiger partial charge in [-0.05, 0) is 219 Å². The van der Waals surface area contributed by atoms with Gasteiger partial charge in [-0.2, -0.15) is 26.3 Å². The van der Waals surface area contributed by atoms with Gasteiger partial charge in [0.15, 0.2) is 43.1 Å². The first-order valence-corrected chi connectivity index (χ1v) is 53.7. The molecule has 0 amide bonds. The molecule has 770 valence electrons. The van der Waals surface area contributed by atoms with Gasteiger partial charge >= 0.3 is 57.5 Å². The molecule has 1 saturated heterocycles. The Morgan fingerprint density at radius 2 is 0.817 bits per heavy atom. The molecule has 0 radical (unpaired) electrons. The lowest BCUT2D eigenvalue weighted by Gasteiger charge is -2.58. The van der Waals surface area contributed by atoms with E-state index in [0.29, 0.717) is 87.4 Å². The molecule has 0 spiro atoms. The number of carbonyl (C=O) groups is 7. The molecule has 13 atom stereocenters. The zero-order valence-electron chi connectivity index (χ0n) is 76.8. The van der Waals surface area contributed by atoms with Gasteiger partial charge in [-0.25, -0.2) is 51.2 Å². The van der Waals surface area contributed by atoms with Crippen LogP contribution in [0.4, 0.5) is 43.9 Å². The number of rotatable bonds is 29. The van der Waals surface area contributed by atoms with Crippen molar-refractivity contribution < 1.29 is 168 Å². The standard InChI is InChI=1S/C31H30F2O6.C21H19F3O5S.C21H20F2O5S.C15H23FO6S.C13H18F2O5S/c1-31(32,33)11-6-12-37-29(35)24-22-16-7-2-4-9-18(16)23(19-10-5-3-8-17(19)22)25(24)30(36)38-26-15-13-20-21(14-15)28(34)39-27(20)26;22-18(21(23,24)30(26,27)28)9-10-29-20(25)17-11-16-12-5-1-3-7-14(12)19(17)15-8-4-2-6-13(15)16;22-21(23,29(25,26)27)10-5-11-28-20(24)18-12-17-13-6-1-3-8-15(13)19(18)16-9-4-2-7-14(16)17;16-12(8-23(19,20)21)1-2-22-13(17)14-4-10-3-11(5-14)7-15(18,6-10)9-14;14-13(15,21(17,18)19)7-20-11(16)12-4-8-1-9(5-12)3-10(2-8)6-12/h2-5,7-10,15,20-27H,6,11-14H2,1H3;1-8,16-19H,9-11H2,(H,26,27,28);1-4,6-9,17-19H,5,10-12H2,(H,25,26,27);10-12,18H,1-9H2,(H,19,20,21);8-10H,1-7H2,(H,17,18,19)/p-4. The van der Waals surface area contributed by atoms with Crippen molar-refractivity contribution in [2.24, 2.45) is 81.8 Å². The number of esters is 7. The van der Waals surface area contributed by atoms with Crippen LogP contribution in [0.5, 0.6) is 0 Å². The number of aliphatic hydroxyl groups is 1. The van der Waals surface area contributed by atoms with Crippen LogP contribution in [-0.2, 0) is 107 Å². The number of hydrogen-bond acceptors (Lipinski definition) is 27. The molecule has 41 heteroatoms. The molecule has 16 bridgehead atoms. The lowest BCUT2D eigenvalue weighted by Crippen LogP contribution is -2.58. The molecule has 26 rings (SSSR count). The number of benzene rings is 6. The third kappa shape index (κ3) is 20.7. The summed E-state index contributed by atoms with van der Waals surface area (Å²) in [5.74, 6) is -9.38. The topological polar surface area (TPSA) is 433 Å². The fourth-order valence-corrected chi connectivity index (χ4v) is 28.8. The largest absolute Gasteiger partial charge is 0.748 e. The SMILES string of the molecule is CC(F)(F)CCCOC(=O)C1C2c3ccccc3C(c3ccccc32)C1C(=O)OC1C2CC3C(=O)OC1C3C2.O=C(OCC(F)(F)S(=O)(=O)[O-])C12CC3CC(CC(C3)C1)C2.O=C(OCCC(F)C(F)(F)S(=O)(=O)[O-])C1CC2c3ccccc3C1c1ccccc12.O=C(OCCC(F)CS(=O)(=O)[O-])C12CC3CC(CC(O)(C3)C1)C2.O=C(OCCCC(F)(F)S(=O)(=O)[O-])C1CC2c3ccccc3C1c1ccccc12. The predicted octanol–water partition coefficient (Wildman–Crippen LogP) is 15.4. The van der Waals surface area contributed by atoms with Gasteiger partial charge in [-0.15, -0.1) is 0 Å². The van der Waals surface area contributed by atoms with E-state index in [9.17, 15) is 134 Å². The molecule has 27 nitrogen and oxygen atoms in total. The average molecular weight is 2070 g/mol. The molecule has 10 saturated carbocycles. The molecule has 11 fully saturated rings. The molecular weight excluding hydrogens is 1960 g/mol. The van der Waals surface area contributed by atoms with E-state index in [1.54, 1.807) is 0 Å². The van der Waals surface area contributed by atoms with Crippen molar-refractivity contribution in [1.82, 2.24) is 0 Å². The van der Waals surface area contributed by atoms with Gasteiger partial charge in [-0.3, -0.25) is 33.6 Å². The van der Waals surface area contributed by atoms with E-state index in [4.69, 9.17) is 28.4 Å². The molecule has 6 aromatic carbocycles. The Balaban J connectivity index is 0.000000124. The summed E-state index contributed by atoms with van der Waals surface area (Å²) in [6.07, 6.45) is 2.64. The van der Waals surface area contributed by atoms with Crippen molar-refractivity contribution in [3.8, 4) is 0 Å². The molecule has 19 aliphatic carbocycles. The minimum atomic E-state index is -6.15. The van der Waals surface area contributed by atoms with Gasteiger partial charge < -0.3 is 56.5 Å². The van der Waals surface area contributed by atoms with E-state index in [-0.39, 0.29) is 86.5 Å². The van der Waals surface area contributed by atoms with Crippen molar-refractivity contribution in [3.63, 3.8) is 0 Å².